The molecule has 2 atom stereocenters. The molecule has 1 saturated carbocycles. The van der Waals surface area contributed by atoms with Crippen LogP contribution in [0.3, 0.4) is 0 Å². The number of nitrogens with zero attached hydrogens (tertiary/aromatic N) is 1. The normalized spacial score (nSPS) is 23.2. The molecule has 1 aromatic carbocycles. The van der Waals surface area contributed by atoms with Crippen molar-refractivity contribution in [1.82, 2.24) is 10.2 Å². The molecule has 2 aliphatic rings. The fraction of sp³-hybridized carbons (Fsp3) is 0.562. The van der Waals surface area contributed by atoms with Gasteiger partial charge in [0.25, 0.3) is 0 Å². The van der Waals surface area contributed by atoms with E-state index < -0.39 is 6.61 Å². The third-order valence-electron chi connectivity index (χ3n) is 4.22. The van der Waals surface area contributed by atoms with Crippen LogP contribution >= 0.6 is 0 Å². The summed E-state index contributed by atoms with van der Waals surface area (Å²) in [5.74, 6) is 0.366. The molecule has 6 heteroatoms. The Labute approximate surface area is 128 Å². The Morgan fingerprint density at radius 1 is 1.36 bits per heavy atom. The zero-order valence-electron chi connectivity index (χ0n) is 12.5. The van der Waals surface area contributed by atoms with Gasteiger partial charge in [0.05, 0.1) is 0 Å². The maximum Gasteiger partial charge on any atom is 0.387 e. The van der Waals surface area contributed by atoms with Crippen molar-refractivity contribution >= 4 is 5.91 Å². The molecule has 1 aromatic rings. The summed E-state index contributed by atoms with van der Waals surface area (Å²) in [7, 11) is 0. The van der Waals surface area contributed by atoms with Crippen LogP contribution in [0.15, 0.2) is 24.3 Å². The summed E-state index contributed by atoms with van der Waals surface area (Å²) < 4.78 is 29.0. The largest absolute Gasteiger partial charge is 0.435 e. The number of hydrogen-bond donors (Lipinski definition) is 1. The molecular formula is C16H20F2N2O2. The fourth-order valence-corrected chi connectivity index (χ4v) is 2.99. The van der Waals surface area contributed by atoms with Crippen molar-refractivity contribution in [2.75, 3.05) is 6.54 Å². The molecule has 1 heterocycles. The first-order valence-electron chi connectivity index (χ1n) is 7.63. The van der Waals surface area contributed by atoms with Gasteiger partial charge in [0.15, 0.2) is 0 Å². The number of nitrogens with one attached hydrogen (secondary N) is 1. The molecular weight excluding hydrogens is 290 g/mol. The molecule has 1 saturated heterocycles. The molecule has 4 nitrogen and oxygen atoms in total. The Kier molecular flexibility index (Phi) is 4.29. The lowest BCUT2D eigenvalue weighted by Crippen LogP contribution is -2.35. The molecule has 1 aliphatic heterocycles. The molecule has 22 heavy (non-hydrogen) atoms. The van der Waals surface area contributed by atoms with Gasteiger partial charge >= 0.3 is 6.61 Å². The van der Waals surface area contributed by atoms with E-state index in [4.69, 9.17) is 0 Å². The highest BCUT2D eigenvalue weighted by atomic mass is 19.3. The van der Waals surface area contributed by atoms with Gasteiger partial charge in [0.1, 0.15) is 5.75 Å². The maximum absolute atomic E-state index is 12.3. The smallest absolute Gasteiger partial charge is 0.387 e. The first kappa shape index (κ1) is 15.2. The van der Waals surface area contributed by atoms with Crippen LogP contribution in [0.1, 0.15) is 37.8 Å². The van der Waals surface area contributed by atoms with Gasteiger partial charge in [-0.1, -0.05) is 12.1 Å². The van der Waals surface area contributed by atoms with E-state index in [9.17, 15) is 13.6 Å². The molecule has 120 valence electrons. The van der Waals surface area contributed by atoms with Gasteiger partial charge in [-0.05, 0) is 37.5 Å². The van der Waals surface area contributed by atoms with Crippen molar-refractivity contribution in [3.8, 4) is 5.75 Å². The molecule has 3 rings (SSSR count). The molecule has 2 fully saturated rings. The Morgan fingerprint density at radius 3 is 2.82 bits per heavy atom. The number of alkyl halides is 2. The van der Waals surface area contributed by atoms with Crippen molar-refractivity contribution in [2.24, 2.45) is 0 Å². The van der Waals surface area contributed by atoms with Crippen LogP contribution in [-0.2, 0) is 4.79 Å². The van der Waals surface area contributed by atoms with Crippen molar-refractivity contribution < 1.29 is 18.3 Å². The average molecular weight is 310 g/mol. The van der Waals surface area contributed by atoms with Crippen LogP contribution < -0.4 is 10.1 Å². The van der Waals surface area contributed by atoms with Crippen LogP contribution in [0.5, 0.6) is 5.75 Å². The maximum atomic E-state index is 12.3. The van der Waals surface area contributed by atoms with Gasteiger partial charge in [-0.3, -0.25) is 4.79 Å². The lowest BCUT2D eigenvalue weighted by atomic mass is 10.1. The molecule has 1 N–H and O–H groups in total. The second-order valence-corrected chi connectivity index (χ2v) is 6.02. The molecule has 1 aliphatic carbocycles. The standard InChI is InChI=1S/C16H20F2N2O2/c1-10(11-3-2-4-14(7-11)22-16(17)18)19-12-8-15(21)20(9-12)13-5-6-13/h2-4,7,10,12-13,16,19H,5-6,8-9H2,1H3/t10-,12+/m0/s1. The summed E-state index contributed by atoms with van der Waals surface area (Å²) in [4.78, 5) is 13.9. The van der Waals surface area contributed by atoms with Crippen LogP contribution in [0.2, 0.25) is 0 Å². The van der Waals surface area contributed by atoms with Crippen molar-refractivity contribution in [1.29, 1.82) is 0 Å². The molecule has 1 amide bonds. The number of carbonyl (C=O) groups excluding carboxylic acids is 1. The Morgan fingerprint density at radius 2 is 2.14 bits per heavy atom. The van der Waals surface area contributed by atoms with Crippen LogP contribution in [0, 0.1) is 0 Å². The predicted octanol–water partition coefficient (Wildman–Crippen LogP) is 2.70. The summed E-state index contributed by atoms with van der Waals surface area (Å²) in [5, 5.41) is 3.41. The van der Waals surface area contributed by atoms with E-state index >= 15 is 0 Å². The molecule has 0 aromatic heterocycles. The minimum atomic E-state index is -2.82. The Balaban J connectivity index is 1.59. The molecule has 0 spiro atoms. The highest BCUT2D eigenvalue weighted by molar-refractivity contribution is 5.80. The molecule has 0 unspecified atom stereocenters. The van der Waals surface area contributed by atoms with Gasteiger partial charge in [0, 0.05) is 31.1 Å². The zero-order chi connectivity index (χ0) is 15.7. The topological polar surface area (TPSA) is 41.6 Å². The quantitative estimate of drug-likeness (QED) is 0.878. The third kappa shape index (κ3) is 3.55. The van der Waals surface area contributed by atoms with Gasteiger partial charge in [-0.25, -0.2) is 0 Å². The average Bonchev–Trinajstić information content (AvgIpc) is 3.23. The van der Waals surface area contributed by atoms with Gasteiger partial charge in [0.2, 0.25) is 5.91 Å². The monoisotopic (exact) mass is 310 g/mol. The van der Waals surface area contributed by atoms with Gasteiger partial charge < -0.3 is 15.0 Å². The zero-order valence-corrected chi connectivity index (χ0v) is 12.5. The SMILES string of the molecule is C[C@H](N[C@@H]1CC(=O)N(C2CC2)C1)c1cccc(OC(F)F)c1. The van der Waals surface area contributed by atoms with Crippen molar-refractivity contribution in [3.63, 3.8) is 0 Å². The van der Waals surface area contributed by atoms with E-state index in [1.807, 2.05) is 17.9 Å². The number of hydrogen-bond acceptors (Lipinski definition) is 3. The van der Waals surface area contributed by atoms with Gasteiger partial charge in [-0.2, -0.15) is 8.78 Å². The predicted molar refractivity (Wildman–Crippen MR) is 77.8 cm³/mol. The first-order valence-corrected chi connectivity index (χ1v) is 7.63. The van der Waals surface area contributed by atoms with Gasteiger partial charge in [-0.15, -0.1) is 0 Å². The fourth-order valence-electron chi connectivity index (χ4n) is 2.99. The van der Waals surface area contributed by atoms with Crippen LogP contribution in [0.4, 0.5) is 8.78 Å². The summed E-state index contributed by atoms with van der Waals surface area (Å²) >= 11 is 0. The van der Waals surface area contributed by atoms with Crippen LogP contribution in [0.25, 0.3) is 0 Å². The lowest BCUT2D eigenvalue weighted by Gasteiger charge is -2.21. The number of carbonyl (C=O) groups is 1. The lowest BCUT2D eigenvalue weighted by molar-refractivity contribution is -0.128. The summed E-state index contributed by atoms with van der Waals surface area (Å²) in [6, 6.07) is 7.21. The summed E-state index contributed by atoms with van der Waals surface area (Å²) in [6.07, 6.45) is 2.73. The third-order valence-corrected chi connectivity index (χ3v) is 4.22. The van der Waals surface area contributed by atoms with E-state index in [0.717, 1.165) is 24.9 Å². The van der Waals surface area contributed by atoms with E-state index in [-0.39, 0.29) is 23.7 Å². The number of amides is 1. The first-order chi connectivity index (χ1) is 10.5. The number of likely N-dealkylation sites (tertiary alicyclic amines) is 1. The molecule has 0 bridgehead atoms. The summed E-state index contributed by atoms with van der Waals surface area (Å²) in [6.45, 7) is -0.120. The number of ether oxygens (including phenoxy) is 1. The van der Waals surface area contributed by atoms with Crippen LogP contribution in [-0.4, -0.2) is 36.0 Å². The second-order valence-electron chi connectivity index (χ2n) is 6.02. The van der Waals surface area contributed by atoms with Crippen molar-refractivity contribution in [3.05, 3.63) is 29.8 Å². The van der Waals surface area contributed by atoms with E-state index in [0.29, 0.717) is 12.5 Å². The minimum absolute atomic E-state index is 0.0295. The Bertz CT molecular complexity index is 549. The number of rotatable bonds is 6. The number of halogens is 2. The van der Waals surface area contributed by atoms with E-state index in [2.05, 4.69) is 10.1 Å². The van der Waals surface area contributed by atoms with E-state index in [1.54, 1.807) is 12.1 Å². The summed E-state index contributed by atoms with van der Waals surface area (Å²) in [5.41, 5.74) is 0.871. The highest BCUT2D eigenvalue weighted by Crippen LogP contribution is 2.31. The second kappa shape index (κ2) is 6.20. The minimum Gasteiger partial charge on any atom is -0.435 e. The number of benzene rings is 1. The highest BCUT2D eigenvalue weighted by Gasteiger charge is 2.39. The van der Waals surface area contributed by atoms with E-state index in [1.165, 1.54) is 6.07 Å². The van der Waals surface area contributed by atoms with Crippen molar-refractivity contribution in [2.45, 2.75) is 50.9 Å². The molecule has 0 radical (unpaired) electrons. The Hall–Kier alpha value is -1.69.